The monoisotopic (exact) mass is 294 g/mol. The van der Waals surface area contributed by atoms with Crippen molar-refractivity contribution >= 4 is 17.7 Å². The zero-order valence-electron chi connectivity index (χ0n) is 12.1. The van der Waals surface area contributed by atoms with Gasteiger partial charge in [-0.2, -0.15) is 0 Å². The highest BCUT2D eigenvalue weighted by Gasteiger charge is 2.06. The second-order valence-corrected chi connectivity index (χ2v) is 4.24. The number of hydrogen-bond acceptors (Lipinski definition) is 6. The Bertz CT molecular complexity index is 491. The van der Waals surface area contributed by atoms with Crippen LogP contribution in [0.5, 0.6) is 5.75 Å². The zero-order valence-corrected chi connectivity index (χ0v) is 12.1. The molecule has 0 aromatic heterocycles. The van der Waals surface area contributed by atoms with Gasteiger partial charge in [-0.1, -0.05) is 0 Å². The predicted octanol–water partition coefficient (Wildman–Crippen LogP) is 1.76. The highest BCUT2D eigenvalue weighted by molar-refractivity contribution is 5.89. The molecule has 0 aliphatic heterocycles. The summed E-state index contributed by atoms with van der Waals surface area (Å²) in [5.74, 6) is -0.287. The molecule has 0 aliphatic carbocycles. The summed E-state index contributed by atoms with van der Waals surface area (Å²) in [6.45, 7) is 1.63. The molecule has 0 heterocycles. The number of Topliss-reactive ketones (excluding diaryl/α,β-unsaturated/α-hetero) is 1. The van der Waals surface area contributed by atoms with Crippen molar-refractivity contribution < 1.29 is 28.6 Å². The van der Waals surface area contributed by atoms with Gasteiger partial charge in [-0.05, 0) is 24.3 Å². The molecule has 0 spiro atoms. The molecule has 1 aromatic carbocycles. The van der Waals surface area contributed by atoms with Crippen molar-refractivity contribution in [2.45, 2.75) is 19.8 Å². The number of carbonyl (C=O) groups excluding carboxylic acids is 3. The van der Waals surface area contributed by atoms with E-state index in [1.54, 1.807) is 24.3 Å². The van der Waals surface area contributed by atoms with E-state index in [1.807, 2.05) is 0 Å². The summed E-state index contributed by atoms with van der Waals surface area (Å²) in [7, 11) is 1.31. The van der Waals surface area contributed by atoms with E-state index in [1.165, 1.54) is 14.0 Å². The maximum absolute atomic E-state index is 11.5. The van der Waals surface area contributed by atoms with Gasteiger partial charge in [-0.3, -0.25) is 9.59 Å². The summed E-state index contributed by atoms with van der Waals surface area (Å²) < 4.78 is 14.7. The predicted molar refractivity (Wildman–Crippen MR) is 74.2 cm³/mol. The van der Waals surface area contributed by atoms with Crippen LogP contribution >= 0.6 is 0 Å². The van der Waals surface area contributed by atoms with Crippen LogP contribution in [0.15, 0.2) is 24.3 Å². The first-order valence-electron chi connectivity index (χ1n) is 6.49. The molecule has 0 N–H and O–H groups in total. The van der Waals surface area contributed by atoms with Crippen LogP contribution in [0.4, 0.5) is 0 Å². The van der Waals surface area contributed by atoms with Crippen LogP contribution in [0.3, 0.4) is 0 Å². The van der Waals surface area contributed by atoms with Gasteiger partial charge in [-0.25, -0.2) is 4.79 Å². The van der Waals surface area contributed by atoms with Crippen LogP contribution in [0.1, 0.15) is 30.1 Å². The van der Waals surface area contributed by atoms with E-state index in [-0.39, 0.29) is 31.8 Å². The lowest BCUT2D eigenvalue weighted by Crippen LogP contribution is -2.10. The summed E-state index contributed by atoms with van der Waals surface area (Å²) >= 11 is 0. The lowest BCUT2D eigenvalue weighted by molar-refractivity contribution is -0.141. The van der Waals surface area contributed by atoms with E-state index in [4.69, 9.17) is 4.74 Å². The number of hydrogen-bond donors (Lipinski definition) is 0. The Morgan fingerprint density at radius 1 is 1.00 bits per heavy atom. The molecule has 0 unspecified atom stereocenters. The van der Waals surface area contributed by atoms with Crippen molar-refractivity contribution in [2.24, 2.45) is 0 Å². The van der Waals surface area contributed by atoms with E-state index in [9.17, 15) is 14.4 Å². The Morgan fingerprint density at radius 2 is 1.62 bits per heavy atom. The van der Waals surface area contributed by atoms with Gasteiger partial charge in [0.15, 0.2) is 0 Å². The molecule has 1 aromatic rings. The van der Waals surface area contributed by atoms with Crippen LogP contribution in [0.2, 0.25) is 0 Å². The van der Waals surface area contributed by atoms with Gasteiger partial charge >= 0.3 is 11.9 Å². The van der Waals surface area contributed by atoms with Gasteiger partial charge in [0.2, 0.25) is 0 Å². The number of benzene rings is 1. The molecule has 21 heavy (non-hydrogen) atoms. The zero-order chi connectivity index (χ0) is 15.7. The second kappa shape index (κ2) is 8.73. The average molecular weight is 294 g/mol. The van der Waals surface area contributed by atoms with Crippen molar-refractivity contribution in [1.29, 1.82) is 0 Å². The normalized spacial score (nSPS) is 9.81. The van der Waals surface area contributed by atoms with Crippen molar-refractivity contribution in [2.75, 3.05) is 20.3 Å². The third-order valence-corrected chi connectivity index (χ3v) is 2.61. The number of ketones is 1. The first-order chi connectivity index (χ1) is 10.0. The quantitative estimate of drug-likeness (QED) is 0.680. The molecule has 114 valence electrons. The minimum absolute atomic E-state index is 0.0394. The molecular weight excluding hydrogens is 276 g/mol. The number of esters is 2. The molecule has 0 fully saturated rings. The van der Waals surface area contributed by atoms with Crippen LogP contribution in [-0.4, -0.2) is 38.0 Å². The summed E-state index contributed by atoms with van der Waals surface area (Å²) in [5, 5.41) is 0. The molecule has 0 bridgehead atoms. The summed E-state index contributed by atoms with van der Waals surface area (Å²) in [4.78, 5) is 33.2. The fourth-order valence-electron chi connectivity index (χ4n) is 1.52. The van der Waals surface area contributed by atoms with Crippen LogP contribution in [-0.2, 0) is 19.1 Å². The Balaban J connectivity index is 2.27. The highest BCUT2D eigenvalue weighted by Crippen LogP contribution is 2.13. The van der Waals surface area contributed by atoms with Crippen LogP contribution in [0.25, 0.3) is 0 Å². The van der Waals surface area contributed by atoms with E-state index < -0.39 is 11.9 Å². The fourth-order valence-corrected chi connectivity index (χ4v) is 1.52. The SMILES string of the molecule is COC(=O)c1ccc(OCCC(=O)CCOC(C)=O)cc1. The molecule has 6 heteroatoms. The van der Waals surface area contributed by atoms with Gasteiger partial charge in [0.05, 0.1) is 25.9 Å². The van der Waals surface area contributed by atoms with Gasteiger partial charge in [0.1, 0.15) is 11.5 Å². The molecule has 0 amide bonds. The summed E-state index contributed by atoms with van der Waals surface area (Å²) in [6.07, 6.45) is 0.421. The van der Waals surface area contributed by atoms with Crippen molar-refractivity contribution in [3.63, 3.8) is 0 Å². The molecular formula is C15H18O6. The van der Waals surface area contributed by atoms with E-state index in [2.05, 4.69) is 9.47 Å². The van der Waals surface area contributed by atoms with Gasteiger partial charge < -0.3 is 14.2 Å². The second-order valence-electron chi connectivity index (χ2n) is 4.24. The van der Waals surface area contributed by atoms with Gasteiger partial charge in [-0.15, -0.1) is 0 Å². The Kier molecular flexibility index (Phi) is 6.94. The smallest absolute Gasteiger partial charge is 0.337 e. The fraction of sp³-hybridized carbons (Fsp3) is 0.400. The number of ether oxygens (including phenoxy) is 3. The van der Waals surface area contributed by atoms with E-state index in [0.717, 1.165) is 0 Å². The van der Waals surface area contributed by atoms with Crippen molar-refractivity contribution in [3.8, 4) is 5.75 Å². The molecule has 0 atom stereocenters. The molecule has 1 rings (SSSR count). The van der Waals surface area contributed by atoms with Crippen LogP contribution in [0, 0.1) is 0 Å². The Morgan fingerprint density at radius 3 is 2.19 bits per heavy atom. The highest BCUT2D eigenvalue weighted by atomic mass is 16.5. The molecule has 0 saturated carbocycles. The summed E-state index contributed by atoms with van der Waals surface area (Å²) in [5.41, 5.74) is 0.433. The van der Waals surface area contributed by atoms with Crippen LogP contribution < -0.4 is 4.74 Å². The molecule has 0 saturated heterocycles. The molecule has 6 nitrogen and oxygen atoms in total. The van der Waals surface area contributed by atoms with E-state index >= 15 is 0 Å². The summed E-state index contributed by atoms with van der Waals surface area (Å²) in [6, 6.07) is 6.44. The maximum atomic E-state index is 11.5. The van der Waals surface area contributed by atoms with E-state index in [0.29, 0.717) is 11.3 Å². The number of rotatable bonds is 8. The topological polar surface area (TPSA) is 78.9 Å². The number of methoxy groups -OCH3 is 1. The molecule has 0 radical (unpaired) electrons. The number of carbonyl (C=O) groups is 3. The first kappa shape index (κ1) is 16.7. The Labute approximate surface area is 123 Å². The lowest BCUT2D eigenvalue weighted by Gasteiger charge is -2.06. The van der Waals surface area contributed by atoms with Gasteiger partial charge in [0.25, 0.3) is 0 Å². The Hall–Kier alpha value is -2.37. The van der Waals surface area contributed by atoms with Crippen molar-refractivity contribution in [3.05, 3.63) is 29.8 Å². The maximum Gasteiger partial charge on any atom is 0.337 e. The first-order valence-corrected chi connectivity index (χ1v) is 6.49. The standard InChI is InChI=1S/C15H18O6/c1-11(16)20-9-7-13(17)8-10-21-14-5-3-12(4-6-14)15(18)19-2/h3-6H,7-10H2,1-2H3. The minimum Gasteiger partial charge on any atom is -0.493 e. The third-order valence-electron chi connectivity index (χ3n) is 2.61. The largest absolute Gasteiger partial charge is 0.493 e. The third kappa shape index (κ3) is 6.56. The minimum atomic E-state index is -0.415. The van der Waals surface area contributed by atoms with Gasteiger partial charge in [0, 0.05) is 19.8 Å². The molecule has 0 aliphatic rings. The van der Waals surface area contributed by atoms with Crippen molar-refractivity contribution in [1.82, 2.24) is 0 Å². The average Bonchev–Trinajstić information content (AvgIpc) is 2.46. The lowest BCUT2D eigenvalue weighted by atomic mass is 10.2.